The minimum absolute atomic E-state index is 0.0272. The van der Waals surface area contributed by atoms with Gasteiger partial charge in [0.05, 0.1) is 6.54 Å². The summed E-state index contributed by atoms with van der Waals surface area (Å²) in [5, 5.41) is 7.06. The van der Waals surface area contributed by atoms with Crippen molar-refractivity contribution < 1.29 is 18.8 Å². The predicted molar refractivity (Wildman–Crippen MR) is 113 cm³/mol. The number of carbonyl (C=O) groups is 2. The fourth-order valence-corrected chi connectivity index (χ4v) is 4.07. The van der Waals surface area contributed by atoms with Crippen LogP contribution < -0.4 is 5.32 Å². The number of likely N-dealkylation sites (tertiary alicyclic amines) is 1. The second kappa shape index (κ2) is 10.0. The SMILES string of the molecule is COCCCNC(=O)C1CCN(CC(=O)c2cc(C)n(-c3cc(C)on3)c2C)CC1. The number of amides is 1. The molecule has 0 saturated carbocycles. The van der Waals surface area contributed by atoms with E-state index in [0.717, 1.165) is 49.5 Å². The Morgan fingerprint density at radius 3 is 2.60 bits per heavy atom. The van der Waals surface area contributed by atoms with Gasteiger partial charge in [-0.25, -0.2) is 0 Å². The number of methoxy groups -OCH3 is 1. The van der Waals surface area contributed by atoms with Crippen molar-refractivity contribution in [1.29, 1.82) is 0 Å². The average Bonchev–Trinajstić information content (AvgIpc) is 3.27. The first-order chi connectivity index (χ1) is 14.4. The molecule has 1 saturated heterocycles. The molecule has 0 atom stereocenters. The van der Waals surface area contributed by atoms with E-state index < -0.39 is 0 Å². The summed E-state index contributed by atoms with van der Waals surface area (Å²) in [5.41, 5.74) is 2.54. The number of piperidine rings is 1. The lowest BCUT2D eigenvalue weighted by atomic mass is 9.95. The number of rotatable bonds is 9. The highest BCUT2D eigenvalue weighted by atomic mass is 16.5. The van der Waals surface area contributed by atoms with Gasteiger partial charge in [0, 0.05) is 49.2 Å². The molecule has 8 heteroatoms. The molecule has 0 aliphatic carbocycles. The molecule has 1 amide bonds. The average molecular weight is 417 g/mol. The largest absolute Gasteiger partial charge is 0.385 e. The Kier molecular flexibility index (Phi) is 7.44. The van der Waals surface area contributed by atoms with Crippen molar-refractivity contribution in [3.8, 4) is 5.82 Å². The molecule has 0 radical (unpaired) electrons. The summed E-state index contributed by atoms with van der Waals surface area (Å²) in [7, 11) is 1.66. The van der Waals surface area contributed by atoms with Gasteiger partial charge in [0.1, 0.15) is 5.76 Å². The summed E-state index contributed by atoms with van der Waals surface area (Å²) in [6.45, 7) is 8.91. The van der Waals surface area contributed by atoms with Crippen LogP contribution in [0.25, 0.3) is 5.82 Å². The molecule has 0 aromatic carbocycles. The maximum absolute atomic E-state index is 13.0. The van der Waals surface area contributed by atoms with Gasteiger partial charge in [0.15, 0.2) is 11.6 Å². The number of hydrogen-bond donors (Lipinski definition) is 1. The molecular formula is C22H32N4O4. The van der Waals surface area contributed by atoms with E-state index in [-0.39, 0.29) is 17.6 Å². The van der Waals surface area contributed by atoms with E-state index in [4.69, 9.17) is 9.26 Å². The number of carbonyl (C=O) groups excluding carboxylic acids is 2. The fourth-order valence-electron chi connectivity index (χ4n) is 4.07. The minimum Gasteiger partial charge on any atom is -0.385 e. The van der Waals surface area contributed by atoms with Crippen molar-refractivity contribution >= 4 is 11.7 Å². The highest BCUT2D eigenvalue weighted by Crippen LogP contribution is 2.23. The van der Waals surface area contributed by atoms with Gasteiger partial charge in [-0.15, -0.1) is 0 Å². The highest BCUT2D eigenvalue weighted by Gasteiger charge is 2.27. The number of ether oxygens (including phenoxy) is 1. The van der Waals surface area contributed by atoms with Gasteiger partial charge in [0.2, 0.25) is 5.91 Å². The smallest absolute Gasteiger partial charge is 0.223 e. The Morgan fingerprint density at radius 1 is 1.23 bits per heavy atom. The molecule has 30 heavy (non-hydrogen) atoms. The third kappa shape index (κ3) is 5.17. The number of nitrogens with zero attached hydrogens (tertiary/aromatic N) is 3. The first-order valence-corrected chi connectivity index (χ1v) is 10.6. The summed E-state index contributed by atoms with van der Waals surface area (Å²) in [5.74, 6) is 1.66. The molecule has 2 aromatic heterocycles. The molecule has 1 aliphatic rings. The van der Waals surface area contributed by atoms with Crippen LogP contribution in [0.2, 0.25) is 0 Å². The van der Waals surface area contributed by atoms with E-state index in [1.54, 1.807) is 7.11 Å². The molecule has 3 rings (SSSR count). The molecule has 2 aromatic rings. The zero-order valence-corrected chi connectivity index (χ0v) is 18.4. The molecule has 0 spiro atoms. The first kappa shape index (κ1) is 22.2. The van der Waals surface area contributed by atoms with Crippen LogP contribution in [-0.4, -0.2) is 66.2 Å². The Morgan fingerprint density at radius 2 is 1.97 bits per heavy atom. The Hall–Kier alpha value is -2.45. The summed E-state index contributed by atoms with van der Waals surface area (Å²) in [6.07, 6.45) is 2.38. The maximum atomic E-state index is 13.0. The molecule has 0 unspecified atom stereocenters. The molecular weight excluding hydrogens is 384 g/mol. The minimum atomic E-state index is 0.0272. The Balaban J connectivity index is 1.53. The molecule has 3 heterocycles. The summed E-state index contributed by atoms with van der Waals surface area (Å²) >= 11 is 0. The van der Waals surface area contributed by atoms with Crippen molar-refractivity contribution in [1.82, 2.24) is 19.9 Å². The molecule has 1 N–H and O–H groups in total. The van der Waals surface area contributed by atoms with Crippen molar-refractivity contribution in [2.24, 2.45) is 5.92 Å². The van der Waals surface area contributed by atoms with E-state index in [9.17, 15) is 9.59 Å². The molecule has 164 valence electrons. The fraction of sp³-hybridized carbons (Fsp3) is 0.591. The third-order valence-electron chi connectivity index (χ3n) is 5.73. The van der Waals surface area contributed by atoms with Gasteiger partial charge < -0.3 is 14.6 Å². The monoisotopic (exact) mass is 416 g/mol. The van der Waals surface area contributed by atoms with Crippen LogP contribution in [0.3, 0.4) is 0 Å². The van der Waals surface area contributed by atoms with E-state index in [1.165, 1.54) is 0 Å². The number of Topliss-reactive ketones (excluding diaryl/α,β-unsaturated/α-hetero) is 1. The van der Waals surface area contributed by atoms with Crippen molar-refractivity contribution in [3.05, 3.63) is 34.8 Å². The van der Waals surface area contributed by atoms with E-state index in [0.29, 0.717) is 31.1 Å². The lowest BCUT2D eigenvalue weighted by molar-refractivity contribution is -0.126. The van der Waals surface area contributed by atoms with Crippen LogP contribution >= 0.6 is 0 Å². The van der Waals surface area contributed by atoms with Crippen LogP contribution in [0.15, 0.2) is 16.7 Å². The van der Waals surface area contributed by atoms with Crippen LogP contribution in [0, 0.1) is 26.7 Å². The Labute approximate surface area is 177 Å². The number of aromatic nitrogens is 2. The summed E-state index contributed by atoms with van der Waals surface area (Å²) < 4.78 is 12.1. The summed E-state index contributed by atoms with van der Waals surface area (Å²) in [4.78, 5) is 27.4. The topological polar surface area (TPSA) is 89.6 Å². The number of hydrogen-bond acceptors (Lipinski definition) is 6. The van der Waals surface area contributed by atoms with Crippen LogP contribution in [-0.2, 0) is 9.53 Å². The standard InChI is InChI=1S/C22H32N4O4/c1-15-12-19(17(3)26(15)21-13-16(2)30-24-21)20(27)14-25-9-6-18(7-10-25)22(28)23-8-5-11-29-4/h12-13,18H,5-11,14H2,1-4H3,(H,23,28). The Bertz CT molecular complexity index is 878. The van der Waals surface area contributed by atoms with Crippen molar-refractivity contribution in [2.75, 3.05) is 39.9 Å². The zero-order chi connectivity index (χ0) is 21.7. The number of nitrogens with one attached hydrogen (secondary N) is 1. The number of ketones is 1. The second-order valence-corrected chi connectivity index (χ2v) is 8.03. The van der Waals surface area contributed by atoms with E-state index in [1.807, 2.05) is 37.5 Å². The first-order valence-electron chi connectivity index (χ1n) is 10.6. The van der Waals surface area contributed by atoms with Gasteiger partial charge in [-0.05, 0) is 59.2 Å². The van der Waals surface area contributed by atoms with Gasteiger partial charge in [0.25, 0.3) is 0 Å². The molecule has 1 aliphatic heterocycles. The van der Waals surface area contributed by atoms with Crippen LogP contribution in [0.5, 0.6) is 0 Å². The predicted octanol–water partition coefficient (Wildman–Crippen LogP) is 2.44. The van der Waals surface area contributed by atoms with E-state index >= 15 is 0 Å². The van der Waals surface area contributed by atoms with Crippen molar-refractivity contribution in [3.63, 3.8) is 0 Å². The third-order valence-corrected chi connectivity index (χ3v) is 5.73. The molecule has 1 fully saturated rings. The highest BCUT2D eigenvalue weighted by molar-refractivity contribution is 5.99. The van der Waals surface area contributed by atoms with Gasteiger partial charge in [-0.3, -0.25) is 19.1 Å². The number of aryl methyl sites for hydroxylation is 2. The van der Waals surface area contributed by atoms with E-state index in [2.05, 4.69) is 15.4 Å². The van der Waals surface area contributed by atoms with Crippen molar-refractivity contribution in [2.45, 2.75) is 40.0 Å². The normalized spacial score (nSPS) is 15.5. The summed E-state index contributed by atoms with van der Waals surface area (Å²) in [6, 6.07) is 3.78. The van der Waals surface area contributed by atoms with Crippen LogP contribution in [0.4, 0.5) is 0 Å². The molecule has 0 bridgehead atoms. The second-order valence-electron chi connectivity index (χ2n) is 8.03. The van der Waals surface area contributed by atoms with Gasteiger partial charge in [-0.2, -0.15) is 0 Å². The zero-order valence-electron chi connectivity index (χ0n) is 18.4. The quantitative estimate of drug-likeness (QED) is 0.499. The molecule has 8 nitrogen and oxygen atoms in total. The van der Waals surface area contributed by atoms with Gasteiger partial charge >= 0.3 is 0 Å². The van der Waals surface area contributed by atoms with Gasteiger partial charge in [-0.1, -0.05) is 5.16 Å². The lowest BCUT2D eigenvalue weighted by Crippen LogP contribution is -2.42. The van der Waals surface area contributed by atoms with Crippen LogP contribution in [0.1, 0.15) is 46.8 Å². The lowest BCUT2D eigenvalue weighted by Gasteiger charge is -2.30. The maximum Gasteiger partial charge on any atom is 0.223 e.